The van der Waals surface area contributed by atoms with Gasteiger partial charge in [0.15, 0.2) is 0 Å². The monoisotopic (exact) mass is 686 g/mol. The van der Waals surface area contributed by atoms with Crippen molar-refractivity contribution in [2.24, 2.45) is 23.3 Å². The van der Waals surface area contributed by atoms with Gasteiger partial charge in [0.1, 0.15) is 23.7 Å². The lowest BCUT2D eigenvalue weighted by Gasteiger charge is -2.23. The summed E-state index contributed by atoms with van der Waals surface area (Å²) in [5.74, 6) is -0.0759. The second-order valence-corrected chi connectivity index (χ2v) is 13.1. The third kappa shape index (κ3) is 8.81. The Hall–Kier alpha value is -5.34. The molecule has 14 heteroatoms. The summed E-state index contributed by atoms with van der Waals surface area (Å²) in [6.07, 6.45) is 1.24. The summed E-state index contributed by atoms with van der Waals surface area (Å²) in [6, 6.07) is 10.2. The van der Waals surface area contributed by atoms with Crippen LogP contribution in [0.3, 0.4) is 0 Å². The van der Waals surface area contributed by atoms with E-state index in [1.54, 1.807) is 26.2 Å². The average molecular weight is 687 g/mol. The molecule has 0 bridgehead atoms. The quantitative estimate of drug-likeness (QED) is 0.0782. The van der Waals surface area contributed by atoms with Gasteiger partial charge in [-0.25, -0.2) is 29.1 Å². The lowest BCUT2D eigenvalue weighted by Crippen LogP contribution is -2.41. The molecular weight excluding hydrogens is 640 g/mol. The molecule has 266 valence electrons. The topological polar surface area (TPSA) is 220 Å². The van der Waals surface area contributed by atoms with Crippen LogP contribution in [-0.4, -0.2) is 56.1 Å². The van der Waals surface area contributed by atoms with Crippen LogP contribution in [0.15, 0.2) is 48.8 Å². The first-order valence-electron chi connectivity index (χ1n) is 16.4. The standard InChI is InChI=1S/C36H46N8O6/c1-17(2)29(41-21(7)33(45)49-35(37)47)31-39-15-27(43-31)24-11-9-23(10-12-24)25-13-14-26(20(6)19(25)5)28-16-40-32(44-28)30(18(3)4)42-22(8)34(46)50-36(38)48/h9-18,21-22,29-30,41-42H,1-8H3,(H2,37,47)(H2,38,48)(H,39,43)(H,40,44)/t21?,22?,29-,30-/m1/s1. The molecule has 0 saturated heterocycles. The average Bonchev–Trinajstić information content (AvgIpc) is 3.73. The molecular formula is C36H46N8O6. The number of rotatable bonds is 13. The molecule has 2 unspecified atom stereocenters. The summed E-state index contributed by atoms with van der Waals surface area (Å²) in [5.41, 5.74) is 17.9. The molecule has 2 aromatic heterocycles. The fourth-order valence-electron chi connectivity index (χ4n) is 5.75. The molecule has 4 rings (SSSR count). The predicted octanol–water partition coefficient (Wildman–Crippen LogP) is 5.34. The van der Waals surface area contributed by atoms with Crippen LogP contribution in [-0.2, 0) is 19.1 Å². The van der Waals surface area contributed by atoms with Crippen LogP contribution in [0, 0.1) is 25.7 Å². The number of benzene rings is 2. The number of amides is 2. The zero-order chi connectivity index (χ0) is 36.9. The largest absolute Gasteiger partial charge is 0.412 e. The Bertz CT molecular complexity index is 1840. The number of esters is 2. The number of hydrogen-bond acceptors (Lipinski definition) is 10. The van der Waals surface area contributed by atoms with E-state index < -0.39 is 36.2 Å². The summed E-state index contributed by atoms with van der Waals surface area (Å²) >= 11 is 0. The normalized spacial score (nSPS) is 13.9. The van der Waals surface area contributed by atoms with Gasteiger partial charge in [0, 0.05) is 5.56 Å². The van der Waals surface area contributed by atoms with E-state index in [1.165, 1.54) is 0 Å². The van der Waals surface area contributed by atoms with Gasteiger partial charge in [-0.1, -0.05) is 64.1 Å². The van der Waals surface area contributed by atoms with Gasteiger partial charge >= 0.3 is 24.1 Å². The van der Waals surface area contributed by atoms with Gasteiger partial charge in [-0.2, -0.15) is 0 Å². The van der Waals surface area contributed by atoms with Crippen LogP contribution in [0.25, 0.3) is 33.6 Å². The van der Waals surface area contributed by atoms with Crippen molar-refractivity contribution in [1.82, 2.24) is 30.6 Å². The number of H-pyrrole nitrogens is 2. The number of carbonyl (C=O) groups is 4. The van der Waals surface area contributed by atoms with Crippen molar-refractivity contribution < 1.29 is 28.7 Å². The zero-order valence-corrected chi connectivity index (χ0v) is 29.6. The van der Waals surface area contributed by atoms with E-state index >= 15 is 0 Å². The first-order valence-corrected chi connectivity index (χ1v) is 16.4. The molecule has 8 N–H and O–H groups in total. The number of aromatic amines is 2. The summed E-state index contributed by atoms with van der Waals surface area (Å²) in [4.78, 5) is 62.3. The first-order chi connectivity index (χ1) is 23.6. The molecule has 0 aliphatic carbocycles. The molecule has 0 aliphatic rings. The smallest absolute Gasteiger partial charge is 0.375 e. The Balaban J connectivity index is 1.51. The molecule has 0 saturated carbocycles. The van der Waals surface area contributed by atoms with Crippen LogP contribution in [0.1, 0.15) is 76.4 Å². The van der Waals surface area contributed by atoms with Crippen LogP contribution < -0.4 is 22.1 Å². The minimum atomic E-state index is -1.15. The Morgan fingerprint density at radius 2 is 1.02 bits per heavy atom. The third-order valence-corrected chi connectivity index (χ3v) is 8.67. The van der Waals surface area contributed by atoms with Gasteiger partial charge in [0.2, 0.25) is 0 Å². The van der Waals surface area contributed by atoms with E-state index in [4.69, 9.17) is 11.5 Å². The molecule has 0 fully saturated rings. The number of nitrogens with one attached hydrogen (secondary N) is 4. The Morgan fingerprint density at radius 1 is 0.620 bits per heavy atom. The molecule has 2 heterocycles. The van der Waals surface area contributed by atoms with Gasteiger partial charge < -0.3 is 30.9 Å². The summed E-state index contributed by atoms with van der Waals surface area (Å²) in [5, 5.41) is 6.36. The van der Waals surface area contributed by atoms with E-state index in [2.05, 4.69) is 78.2 Å². The van der Waals surface area contributed by atoms with Crippen LogP contribution in [0.4, 0.5) is 9.59 Å². The van der Waals surface area contributed by atoms with Crippen molar-refractivity contribution in [2.75, 3.05) is 0 Å². The lowest BCUT2D eigenvalue weighted by molar-refractivity contribution is -0.140. The summed E-state index contributed by atoms with van der Waals surface area (Å²) in [6.45, 7) is 15.4. The summed E-state index contributed by atoms with van der Waals surface area (Å²) in [7, 11) is 0. The third-order valence-electron chi connectivity index (χ3n) is 8.67. The minimum absolute atomic E-state index is 0.0663. The van der Waals surface area contributed by atoms with E-state index in [0.29, 0.717) is 11.6 Å². The highest BCUT2D eigenvalue weighted by molar-refractivity contribution is 5.87. The van der Waals surface area contributed by atoms with Crippen LogP contribution in [0.2, 0.25) is 0 Å². The van der Waals surface area contributed by atoms with Crippen molar-refractivity contribution in [3.8, 4) is 33.6 Å². The second-order valence-electron chi connectivity index (χ2n) is 13.1. The van der Waals surface area contributed by atoms with Crippen molar-refractivity contribution in [1.29, 1.82) is 0 Å². The molecule has 14 nitrogen and oxygen atoms in total. The highest BCUT2D eigenvalue weighted by atomic mass is 16.6. The predicted molar refractivity (Wildman–Crippen MR) is 188 cm³/mol. The number of nitrogens with zero attached hydrogens (tertiary/aromatic N) is 2. The van der Waals surface area contributed by atoms with E-state index in [1.807, 2.05) is 39.8 Å². The number of ether oxygens (including phenoxy) is 2. The Kier molecular flexibility index (Phi) is 11.9. The van der Waals surface area contributed by atoms with Crippen molar-refractivity contribution in [3.63, 3.8) is 0 Å². The fourth-order valence-corrected chi connectivity index (χ4v) is 5.75. The number of primary amides is 2. The second kappa shape index (κ2) is 15.9. The lowest BCUT2D eigenvalue weighted by atomic mass is 9.92. The van der Waals surface area contributed by atoms with Crippen LogP contribution in [0.5, 0.6) is 0 Å². The highest BCUT2D eigenvalue weighted by Crippen LogP contribution is 2.34. The number of aromatic nitrogens is 4. The van der Waals surface area contributed by atoms with Gasteiger partial charge in [-0.3, -0.25) is 10.6 Å². The number of nitrogens with two attached hydrogens (primary N) is 2. The van der Waals surface area contributed by atoms with Crippen molar-refractivity contribution in [2.45, 2.75) is 79.6 Å². The number of carbonyl (C=O) groups excluding carboxylic acids is 4. The maximum atomic E-state index is 12.2. The molecule has 50 heavy (non-hydrogen) atoms. The van der Waals surface area contributed by atoms with Crippen molar-refractivity contribution in [3.05, 3.63) is 71.6 Å². The molecule has 0 aliphatic heterocycles. The van der Waals surface area contributed by atoms with Gasteiger partial charge in [-0.05, 0) is 67.3 Å². The maximum absolute atomic E-state index is 12.2. The first kappa shape index (κ1) is 37.5. The zero-order valence-electron chi connectivity index (χ0n) is 29.6. The Labute approximate surface area is 291 Å². The number of hydrogen-bond donors (Lipinski definition) is 6. The van der Waals surface area contributed by atoms with Crippen LogP contribution >= 0.6 is 0 Å². The molecule has 0 radical (unpaired) electrons. The molecule has 0 spiro atoms. The van der Waals surface area contributed by atoms with Gasteiger partial charge in [0.25, 0.3) is 0 Å². The van der Waals surface area contributed by atoms with Gasteiger partial charge in [0.05, 0.1) is 35.9 Å². The SMILES string of the molecule is Cc1c(-c2ccc(-c3cnc([C@H](NC(C)C(=O)OC(N)=O)C(C)C)[nH]3)cc2)ccc(-c2cnc([C@H](NC(C)C(=O)OC(N)=O)C(C)C)[nH]2)c1C. The molecule has 2 aromatic carbocycles. The van der Waals surface area contributed by atoms with Gasteiger partial charge in [-0.15, -0.1) is 0 Å². The fraction of sp³-hybridized carbons (Fsp3) is 0.389. The highest BCUT2D eigenvalue weighted by Gasteiger charge is 2.27. The number of imidazole rings is 2. The van der Waals surface area contributed by atoms with E-state index in [-0.39, 0.29) is 23.9 Å². The van der Waals surface area contributed by atoms with E-state index in [0.717, 1.165) is 44.8 Å². The van der Waals surface area contributed by atoms with Crippen molar-refractivity contribution >= 4 is 24.1 Å². The Morgan fingerprint density at radius 3 is 1.48 bits per heavy atom. The molecule has 4 aromatic rings. The maximum Gasteiger partial charge on any atom is 0.412 e. The van der Waals surface area contributed by atoms with E-state index in [9.17, 15) is 19.2 Å². The summed E-state index contributed by atoms with van der Waals surface area (Å²) < 4.78 is 9.04. The molecule has 2 amide bonds. The minimum Gasteiger partial charge on any atom is -0.375 e. The molecule has 4 atom stereocenters.